The van der Waals surface area contributed by atoms with Crippen LogP contribution < -0.4 is 0 Å². The number of nitriles is 2. The first-order valence-electron chi connectivity index (χ1n) is 10.2. The van der Waals surface area contributed by atoms with Crippen molar-refractivity contribution in [2.24, 2.45) is 10.9 Å². The van der Waals surface area contributed by atoms with E-state index in [2.05, 4.69) is 9.89 Å². The van der Waals surface area contributed by atoms with E-state index in [4.69, 9.17) is 0 Å². The molecule has 0 aliphatic carbocycles. The van der Waals surface area contributed by atoms with Gasteiger partial charge in [-0.2, -0.15) is 23.7 Å². The molecule has 31 heavy (non-hydrogen) atoms. The van der Waals surface area contributed by atoms with Crippen molar-refractivity contribution in [2.75, 3.05) is 20.1 Å². The maximum Gasteiger partial charge on any atom is 0.416 e. The molecule has 0 atom stereocenters. The highest BCUT2D eigenvalue weighted by Gasteiger charge is 2.30. The highest BCUT2D eigenvalue weighted by atomic mass is 19.4. The zero-order chi connectivity index (χ0) is 22.4. The van der Waals surface area contributed by atoms with Crippen LogP contribution in [0.15, 0.2) is 41.5 Å². The molecule has 1 aromatic heterocycles. The van der Waals surface area contributed by atoms with Crippen molar-refractivity contribution in [3.8, 4) is 12.1 Å². The summed E-state index contributed by atoms with van der Waals surface area (Å²) in [6, 6.07) is 11.0. The molecule has 0 saturated carbocycles. The lowest BCUT2D eigenvalue weighted by Gasteiger charge is -2.27. The molecule has 0 N–H and O–H groups in total. The van der Waals surface area contributed by atoms with Crippen LogP contribution in [-0.4, -0.2) is 35.3 Å². The van der Waals surface area contributed by atoms with Crippen LogP contribution >= 0.6 is 0 Å². The van der Waals surface area contributed by atoms with Crippen molar-refractivity contribution < 1.29 is 13.2 Å². The highest BCUT2D eigenvalue weighted by Crippen LogP contribution is 2.29. The molecular formula is C23H24F3N5. The van der Waals surface area contributed by atoms with Crippen LogP contribution in [0.2, 0.25) is 0 Å². The molecule has 1 fully saturated rings. The summed E-state index contributed by atoms with van der Waals surface area (Å²) in [5.74, 6) is -1.02. The van der Waals surface area contributed by atoms with Crippen LogP contribution in [0, 0.1) is 28.6 Å². The molecule has 0 spiro atoms. The fraction of sp³-hybridized carbons (Fsp3) is 0.435. The Bertz CT molecular complexity index is 986. The fourth-order valence-electron chi connectivity index (χ4n) is 3.97. The highest BCUT2D eigenvalue weighted by molar-refractivity contribution is 6.05. The number of aromatic nitrogens is 1. The van der Waals surface area contributed by atoms with Gasteiger partial charge in [-0.25, -0.2) is 0 Å². The molecule has 5 nitrogen and oxygen atoms in total. The van der Waals surface area contributed by atoms with Gasteiger partial charge in [0.2, 0.25) is 0 Å². The van der Waals surface area contributed by atoms with Crippen molar-refractivity contribution >= 4 is 5.71 Å². The van der Waals surface area contributed by atoms with Gasteiger partial charge in [-0.3, -0.25) is 9.89 Å². The Morgan fingerprint density at radius 2 is 1.68 bits per heavy atom. The van der Waals surface area contributed by atoms with Gasteiger partial charge in [-0.1, -0.05) is 18.6 Å². The van der Waals surface area contributed by atoms with Gasteiger partial charge >= 0.3 is 6.18 Å². The molecule has 1 aliphatic rings. The van der Waals surface area contributed by atoms with Gasteiger partial charge in [0.1, 0.15) is 0 Å². The van der Waals surface area contributed by atoms with Crippen molar-refractivity contribution in [1.82, 2.24) is 9.47 Å². The van der Waals surface area contributed by atoms with Crippen molar-refractivity contribution in [1.29, 1.82) is 10.5 Å². The Labute approximate surface area is 180 Å². The molecule has 3 rings (SSSR count). The Morgan fingerprint density at radius 1 is 1.03 bits per heavy atom. The van der Waals surface area contributed by atoms with Crippen LogP contribution in [0.4, 0.5) is 13.2 Å². The van der Waals surface area contributed by atoms with E-state index in [0.717, 1.165) is 43.6 Å². The second-order valence-electron chi connectivity index (χ2n) is 7.65. The first-order chi connectivity index (χ1) is 14.9. The summed E-state index contributed by atoms with van der Waals surface area (Å²) < 4.78 is 40.5. The monoisotopic (exact) mass is 427 g/mol. The van der Waals surface area contributed by atoms with Crippen LogP contribution in [0.25, 0.3) is 0 Å². The summed E-state index contributed by atoms with van der Waals surface area (Å²) in [7, 11) is 1.55. The largest absolute Gasteiger partial charge is 0.416 e. The van der Waals surface area contributed by atoms with Gasteiger partial charge in [-0.05, 0) is 55.3 Å². The van der Waals surface area contributed by atoms with Crippen LogP contribution in [0.3, 0.4) is 0 Å². The van der Waals surface area contributed by atoms with Gasteiger partial charge in [0.15, 0.2) is 5.92 Å². The number of halogens is 3. The van der Waals surface area contributed by atoms with Crippen LogP contribution in [-0.2, 0) is 19.3 Å². The minimum absolute atomic E-state index is 0.316. The minimum Gasteiger partial charge on any atom is -0.342 e. The van der Waals surface area contributed by atoms with Crippen molar-refractivity contribution in [3.05, 3.63) is 58.9 Å². The lowest BCUT2D eigenvalue weighted by Crippen LogP contribution is -2.30. The predicted molar refractivity (Wildman–Crippen MR) is 111 cm³/mol. The molecule has 1 saturated heterocycles. The lowest BCUT2D eigenvalue weighted by atomic mass is 9.99. The Kier molecular flexibility index (Phi) is 7.14. The number of benzene rings is 1. The Morgan fingerprint density at radius 3 is 2.23 bits per heavy atom. The van der Waals surface area contributed by atoms with E-state index in [9.17, 15) is 23.7 Å². The number of rotatable bonds is 6. The van der Waals surface area contributed by atoms with Gasteiger partial charge < -0.3 is 4.57 Å². The normalized spacial score (nSPS) is 15.6. The van der Waals surface area contributed by atoms with E-state index in [1.807, 2.05) is 29.0 Å². The summed E-state index contributed by atoms with van der Waals surface area (Å²) in [6.07, 6.45) is 0.951. The zero-order valence-electron chi connectivity index (χ0n) is 17.4. The lowest BCUT2D eigenvalue weighted by molar-refractivity contribution is -0.137. The molecular weight excluding hydrogens is 403 g/mol. The summed E-state index contributed by atoms with van der Waals surface area (Å²) in [5.41, 5.74) is 2.04. The number of piperidine rings is 1. The molecule has 8 heteroatoms. The Balaban J connectivity index is 1.95. The zero-order valence-corrected chi connectivity index (χ0v) is 17.4. The van der Waals surface area contributed by atoms with Crippen molar-refractivity contribution in [3.63, 3.8) is 0 Å². The fourth-order valence-corrected chi connectivity index (χ4v) is 3.97. The molecule has 0 bridgehead atoms. The third-order valence-corrected chi connectivity index (χ3v) is 5.54. The van der Waals surface area contributed by atoms with Gasteiger partial charge in [0.25, 0.3) is 0 Å². The second-order valence-corrected chi connectivity index (χ2v) is 7.65. The molecule has 2 aromatic rings. The quantitative estimate of drug-likeness (QED) is 0.632. The molecule has 2 heterocycles. The smallest absolute Gasteiger partial charge is 0.342 e. The number of hydrogen-bond donors (Lipinski definition) is 0. The van der Waals surface area contributed by atoms with E-state index < -0.39 is 17.7 Å². The Hall–Kier alpha value is -3.10. The number of likely N-dealkylation sites (tertiary alicyclic amines) is 1. The number of alkyl halides is 3. The average Bonchev–Trinajstić information content (AvgIpc) is 3.14. The topological polar surface area (TPSA) is 68.1 Å². The van der Waals surface area contributed by atoms with Crippen LogP contribution in [0.5, 0.6) is 0 Å². The number of aliphatic imine (C=N–C) groups is 1. The summed E-state index contributed by atoms with van der Waals surface area (Å²) >= 11 is 0. The standard InChI is InChI=1S/C23H24F3N5/c1-29-21(19(13-27)14-28)22-18(16-30-10-3-2-4-11-30)9-12-31(22)15-17-5-7-20(8-6-17)23(24,25)26/h5-9,12,19H,2-4,10-11,15-16H2,1H3. The maximum atomic E-state index is 12.9. The van der Waals surface area contributed by atoms with E-state index >= 15 is 0 Å². The second kappa shape index (κ2) is 9.80. The molecule has 1 aliphatic heterocycles. The van der Waals surface area contributed by atoms with E-state index in [1.54, 1.807) is 7.05 Å². The molecule has 162 valence electrons. The number of hydrogen-bond acceptors (Lipinski definition) is 4. The predicted octanol–water partition coefficient (Wildman–Crippen LogP) is 4.62. The SMILES string of the molecule is CN=C(c1c(CN2CCCCC2)ccn1Cc1ccc(C(F)(F)F)cc1)C(C#N)C#N. The van der Waals surface area contributed by atoms with Crippen LogP contribution in [0.1, 0.15) is 41.6 Å². The molecule has 0 unspecified atom stereocenters. The third-order valence-electron chi connectivity index (χ3n) is 5.54. The molecule has 1 aromatic carbocycles. The number of nitrogens with zero attached hydrogens (tertiary/aromatic N) is 5. The minimum atomic E-state index is -4.38. The van der Waals surface area contributed by atoms with Gasteiger partial charge in [0.05, 0.1) is 29.1 Å². The molecule has 0 radical (unpaired) electrons. The van der Waals surface area contributed by atoms with Gasteiger partial charge in [-0.15, -0.1) is 0 Å². The van der Waals surface area contributed by atoms with Gasteiger partial charge in [0, 0.05) is 26.3 Å². The summed E-state index contributed by atoms with van der Waals surface area (Å²) in [5, 5.41) is 18.9. The van der Waals surface area contributed by atoms with E-state index in [1.165, 1.54) is 18.6 Å². The third kappa shape index (κ3) is 5.34. The van der Waals surface area contributed by atoms with Crippen molar-refractivity contribution in [2.45, 2.75) is 38.5 Å². The first-order valence-corrected chi connectivity index (χ1v) is 10.2. The first kappa shape index (κ1) is 22.6. The maximum absolute atomic E-state index is 12.9. The summed E-state index contributed by atoms with van der Waals surface area (Å²) in [4.78, 5) is 6.60. The summed E-state index contributed by atoms with van der Waals surface area (Å²) in [6.45, 7) is 2.97. The van der Waals surface area contributed by atoms with E-state index in [-0.39, 0.29) is 0 Å². The van der Waals surface area contributed by atoms with E-state index in [0.29, 0.717) is 30.1 Å². The average molecular weight is 427 g/mol. The molecule has 0 amide bonds.